The van der Waals surface area contributed by atoms with E-state index in [-0.39, 0.29) is 11.9 Å². The number of nitrogens with zero attached hydrogens (tertiary/aromatic N) is 2. The summed E-state index contributed by atoms with van der Waals surface area (Å²) < 4.78 is 11.2. The van der Waals surface area contributed by atoms with Gasteiger partial charge in [0.1, 0.15) is 5.75 Å². The van der Waals surface area contributed by atoms with Gasteiger partial charge in [-0.05, 0) is 30.5 Å². The highest BCUT2D eigenvalue weighted by Crippen LogP contribution is 2.32. The highest BCUT2D eigenvalue weighted by molar-refractivity contribution is 5.77. The van der Waals surface area contributed by atoms with Crippen molar-refractivity contribution >= 4 is 5.91 Å². The molecule has 0 saturated carbocycles. The molecule has 1 fully saturated rings. The topological polar surface area (TPSA) is 55.6 Å². The minimum Gasteiger partial charge on any atom is -0.497 e. The number of hydrogen-bond acceptors (Lipinski definition) is 4. The van der Waals surface area contributed by atoms with Gasteiger partial charge < -0.3 is 14.1 Å². The third kappa shape index (κ3) is 4.73. The molecule has 30 heavy (non-hydrogen) atoms. The zero-order chi connectivity index (χ0) is 20.8. The van der Waals surface area contributed by atoms with Gasteiger partial charge in [-0.2, -0.15) is 0 Å². The molecule has 1 amide bonds. The lowest BCUT2D eigenvalue weighted by Gasteiger charge is -2.30. The molecular weight excluding hydrogens is 376 g/mol. The predicted octanol–water partition coefficient (Wildman–Crippen LogP) is 5.43. The van der Waals surface area contributed by atoms with Gasteiger partial charge >= 0.3 is 0 Å². The quantitative estimate of drug-likeness (QED) is 0.550. The fraction of sp³-hybridized carbons (Fsp3) is 0.360. The molecule has 1 unspecified atom stereocenters. The average molecular weight is 405 g/mol. The van der Waals surface area contributed by atoms with Crippen molar-refractivity contribution in [3.63, 3.8) is 0 Å². The Kier molecular flexibility index (Phi) is 6.47. The molecule has 3 aromatic rings. The van der Waals surface area contributed by atoms with Gasteiger partial charge in [-0.15, -0.1) is 0 Å². The van der Waals surface area contributed by atoms with Gasteiger partial charge in [-0.25, -0.2) is 4.98 Å². The molecule has 2 aromatic carbocycles. The molecule has 5 heteroatoms. The molecule has 2 heterocycles. The number of carbonyl (C=O) groups excluding carboxylic acids is 1. The first-order valence-corrected chi connectivity index (χ1v) is 10.7. The van der Waals surface area contributed by atoms with Crippen molar-refractivity contribution in [1.82, 2.24) is 9.88 Å². The Morgan fingerprint density at radius 1 is 1.10 bits per heavy atom. The number of likely N-dealkylation sites (tertiary alicyclic amines) is 1. The van der Waals surface area contributed by atoms with Crippen molar-refractivity contribution in [2.45, 2.75) is 44.6 Å². The number of carbonyl (C=O) groups is 1. The van der Waals surface area contributed by atoms with Crippen LogP contribution in [-0.4, -0.2) is 29.4 Å². The van der Waals surface area contributed by atoms with Crippen LogP contribution in [0.2, 0.25) is 0 Å². The summed E-state index contributed by atoms with van der Waals surface area (Å²) in [6, 6.07) is 18.1. The first-order chi connectivity index (χ1) is 14.7. The largest absolute Gasteiger partial charge is 0.497 e. The second kappa shape index (κ2) is 9.61. The fourth-order valence-corrected chi connectivity index (χ4v) is 4.10. The SMILES string of the molecule is COc1ccc(C2CCCCCN2C(=O)CCc2ncc(-c3ccccc3)o2)cc1. The van der Waals surface area contributed by atoms with E-state index in [4.69, 9.17) is 9.15 Å². The van der Waals surface area contributed by atoms with Crippen LogP contribution in [0.5, 0.6) is 5.75 Å². The van der Waals surface area contributed by atoms with Crippen LogP contribution in [0.25, 0.3) is 11.3 Å². The van der Waals surface area contributed by atoms with Crippen LogP contribution in [0.4, 0.5) is 0 Å². The molecule has 5 nitrogen and oxygen atoms in total. The van der Waals surface area contributed by atoms with Crippen LogP contribution >= 0.6 is 0 Å². The molecule has 1 saturated heterocycles. The van der Waals surface area contributed by atoms with E-state index >= 15 is 0 Å². The highest BCUT2D eigenvalue weighted by Gasteiger charge is 2.26. The maximum atomic E-state index is 13.1. The average Bonchev–Trinajstić information content (AvgIpc) is 3.14. The van der Waals surface area contributed by atoms with Crippen molar-refractivity contribution in [3.05, 3.63) is 72.2 Å². The molecule has 1 aliphatic rings. The number of hydrogen-bond donors (Lipinski definition) is 0. The van der Waals surface area contributed by atoms with Crippen molar-refractivity contribution in [3.8, 4) is 17.1 Å². The Morgan fingerprint density at radius 3 is 2.67 bits per heavy atom. The highest BCUT2D eigenvalue weighted by atomic mass is 16.5. The summed E-state index contributed by atoms with van der Waals surface area (Å²) in [4.78, 5) is 19.6. The Bertz CT molecular complexity index is 950. The Balaban J connectivity index is 1.43. The summed E-state index contributed by atoms with van der Waals surface area (Å²) in [6.07, 6.45) is 7.00. The third-order valence-corrected chi connectivity index (χ3v) is 5.74. The predicted molar refractivity (Wildman–Crippen MR) is 116 cm³/mol. The normalized spacial score (nSPS) is 16.8. The third-order valence-electron chi connectivity index (χ3n) is 5.74. The van der Waals surface area contributed by atoms with E-state index in [1.807, 2.05) is 42.5 Å². The van der Waals surface area contributed by atoms with Gasteiger partial charge in [-0.3, -0.25) is 4.79 Å². The molecule has 0 spiro atoms. The molecule has 0 aliphatic carbocycles. The first-order valence-electron chi connectivity index (χ1n) is 10.7. The van der Waals surface area contributed by atoms with E-state index in [1.54, 1.807) is 13.3 Å². The van der Waals surface area contributed by atoms with Crippen LogP contribution < -0.4 is 4.74 Å². The standard InChI is InChI=1S/C25H28N2O3/c1-29-21-13-11-19(12-14-21)22-10-6-3-7-17-27(22)25(28)16-15-24-26-18-23(30-24)20-8-4-2-5-9-20/h2,4-5,8-9,11-14,18,22H,3,6-7,10,15-17H2,1H3. The molecule has 0 radical (unpaired) electrons. The van der Waals surface area contributed by atoms with Crippen LogP contribution in [0, 0.1) is 0 Å². The number of oxazole rings is 1. The van der Waals surface area contributed by atoms with E-state index in [0.29, 0.717) is 18.7 Å². The molecule has 0 bridgehead atoms. The van der Waals surface area contributed by atoms with E-state index in [1.165, 1.54) is 5.56 Å². The summed E-state index contributed by atoms with van der Waals surface area (Å²) in [5.41, 5.74) is 2.17. The summed E-state index contributed by atoms with van der Waals surface area (Å²) >= 11 is 0. The van der Waals surface area contributed by atoms with Gasteiger partial charge in [0.05, 0.1) is 19.3 Å². The number of aryl methyl sites for hydroxylation is 1. The Morgan fingerprint density at radius 2 is 1.90 bits per heavy atom. The summed E-state index contributed by atoms with van der Waals surface area (Å²) in [5, 5.41) is 0. The molecule has 156 valence electrons. The van der Waals surface area contributed by atoms with E-state index in [2.05, 4.69) is 22.0 Å². The Labute approximate surface area is 177 Å². The maximum absolute atomic E-state index is 13.1. The van der Waals surface area contributed by atoms with Gasteiger partial charge in [-0.1, -0.05) is 55.3 Å². The van der Waals surface area contributed by atoms with Gasteiger partial charge in [0.15, 0.2) is 11.7 Å². The smallest absolute Gasteiger partial charge is 0.223 e. The second-order valence-electron chi connectivity index (χ2n) is 7.71. The van der Waals surface area contributed by atoms with Crippen LogP contribution in [0.15, 0.2) is 65.2 Å². The monoisotopic (exact) mass is 404 g/mol. The van der Waals surface area contributed by atoms with Gasteiger partial charge in [0.2, 0.25) is 5.91 Å². The van der Waals surface area contributed by atoms with Crippen LogP contribution in [0.1, 0.15) is 49.6 Å². The van der Waals surface area contributed by atoms with Gasteiger partial charge in [0, 0.05) is 24.9 Å². The lowest BCUT2D eigenvalue weighted by Crippen LogP contribution is -2.35. The van der Waals surface area contributed by atoms with E-state index in [0.717, 1.165) is 49.3 Å². The van der Waals surface area contributed by atoms with E-state index < -0.39 is 0 Å². The number of benzene rings is 2. The lowest BCUT2D eigenvalue weighted by atomic mass is 10.00. The van der Waals surface area contributed by atoms with Crippen molar-refractivity contribution < 1.29 is 13.9 Å². The van der Waals surface area contributed by atoms with Gasteiger partial charge in [0.25, 0.3) is 0 Å². The number of ether oxygens (including phenoxy) is 1. The summed E-state index contributed by atoms with van der Waals surface area (Å²) in [6.45, 7) is 0.802. The Hall–Kier alpha value is -3.08. The van der Waals surface area contributed by atoms with Crippen LogP contribution in [-0.2, 0) is 11.2 Å². The zero-order valence-corrected chi connectivity index (χ0v) is 17.4. The number of aromatic nitrogens is 1. The van der Waals surface area contributed by atoms with Crippen molar-refractivity contribution in [2.75, 3.05) is 13.7 Å². The zero-order valence-electron chi connectivity index (χ0n) is 17.4. The molecule has 1 aliphatic heterocycles. The number of methoxy groups -OCH3 is 1. The number of rotatable bonds is 6. The fourth-order valence-electron chi connectivity index (χ4n) is 4.10. The maximum Gasteiger partial charge on any atom is 0.223 e. The molecule has 4 rings (SSSR count). The molecule has 1 aromatic heterocycles. The summed E-state index contributed by atoms with van der Waals surface area (Å²) in [5.74, 6) is 2.35. The minimum absolute atomic E-state index is 0.121. The summed E-state index contributed by atoms with van der Waals surface area (Å²) in [7, 11) is 1.67. The molecule has 1 atom stereocenters. The second-order valence-corrected chi connectivity index (χ2v) is 7.71. The minimum atomic E-state index is 0.121. The molecule has 0 N–H and O–H groups in total. The van der Waals surface area contributed by atoms with Crippen molar-refractivity contribution in [2.24, 2.45) is 0 Å². The van der Waals surface area contributed by atoms with Crippen LogP contribution in [0.3, 0.4) is 0 Å². The number of amides is 1. The lowest BCUT2D eigenvalue weighted by molar-refractivity contribution is -0.133. The van der Waals surface area contributed by atoms with E-state index in [9.17, 15) is 4.79 Å². The van der Waals surface area contributed by atoms with Crippen molar-refractivity contribution in [1.29, 1.82) is 0 Å². The first kappa shape index (κ1) is 20.2. The molecular formula is C25H28N2O3.